The lowest BCUT2D eigenvalue weighted by Gasteiger charge is -2.31. The van der Waals surface area contributed by atoms with Gasteiger partial charge in [0.15, 0.2) is 0 Å². The number of carbonyl (C=O) groups is 2. The Balaban J connectivity index is 1.28. The Bertz CT molecular complexity index is 1320. The minimum atomic E-state index is -0.208. The third-order valence-corrected chi connectivity index (χ3v) is 8.91. The van der Waals surface area contributed by atoms with Crippen LogP contribution in [-0.4, -0.2) is 39.8 Å². The molecule has 1 aromatic carbocycles. The normalized spacial score (nSPS) is 18.1. The van der Waals surface area contributed by atoms with Gasteiger partial charge >= 0.3 is 0 Å². The SMILES string of the molecule is O=C(Nc1sc2c(c1-c1nc3ccccc3[nH]1)CCCC2)C1CCCN(C(=O)c2cccs2)C1. The Kier molecular flexibility index (Phi) is 5.71. The van der Waals surface area contributed by atoms with E-state index < -0.39 is 0 Å². The molecule has 1 fully saturated rings. The first kappa shape index (κ1) is 21.6. The highest BCUT2D eigenvalue weighted by Crippen LogP contribution is 2.44. The topological polar surface area (TPSA) is 78.1 Å². The van der Waals surface area contributed by atoms with Crippen molar-refractivity contribution in [2.24, 2.45) is 5.92 Å². The van der Waals surface area contributed by atoms with Gasteiger partial charge in [0, 0.05) is 18.0 Å². The number of aryl methyl sites for hydroxylation is 1. The first-order chi connectivity index (χ1) is 16.7. The first-order valence-electron chi connectivity index (χ1n) is 11.9. The number of benzene rings is 1. The van der Waals surface area contributed by atoms with E-state index in [0.717, 1.165) is 64.4 Å². The number of anilines is 1. The number of H-pyrrole nitrogens is 1. The summed E-state index contributed by atoms with van der Waals surface area (Å²) in [5.74, 6) is 0.649. The molecular formula is C26H26N4O2S2. The minimum absolute atomic E-state index is 0.000336. The van der Waals surface area contributed by atoms with Gasteiger partial charge in [0.25, 0.3) is 5.91 Å². The molecule has 1 saturated heterocycles. The van der Waals surface area contributed by atoms with Crippen LogP contribution in [0.1, 0.15) is 45.8 Å². The van der Waals surface area contributed by atoms with Gasteiger partial charge in [-0.25, -0.2) is 4.98 Å². The van der Waals surface area contributed by atoms with Gasteiger partial charge in [0.05, 0.1) is 27.4 Å². The molecule has 6 rings (SSSR count). The third-order valence-electron chi connectivity index (χ3n) is 6.85. The number of para-hydroxylation sites is 2. The number of aromatic amines is 1. The van der Waals surface area contributed by atoms with E-state index in [9.17, 15) is 9.59 Å². The van der Waals surface area contributed by atoms with Gasteiger partial charge < -0.3 is 15.2 Å². The van der Waals surface area contributed by atoms with E-state index in [4.69, 9.17) is 4.98 Å². The molecule has 3 aromatic heterocycles. The molecule has 1 aliphatic carbocycles. The van der Waals surface area contributed by atoms with Gasteiger partial charge in [-0.05, 0) is 67.7 Å². The Morgan fingerprint density at radius 3 is 2.82 bits per heavy atom. The number of imidazole rings is 1. The van der Waals surface area contributed by atoms with Crippen molar-refractivity contribution in [3.63, 3.8) is 0 Å². The first-order valence-corrected chi connectivity index (χ1v) is 13.6. The zero-order chi connectivity index (χ0) is 23.1. The Morgan fingerprint density at radius 2 is 1.97 bits per heavy atom. The summed E-state index contributed by atoms with van der Waals surface area (Å²) in [6.07, 6.45) is 6.05. The molecule has 0 spiro atoms. The number of rotatable bonds is 4. The molecule has 1 aliphatic heterocycles. The molecule has 0 bridgehead atoms. The summed E-state index contributed by atoms with van der Waals surface area (Å²) >= 11 is 3.15. The lowest BCUT2D eigenvalue weighted by molar-refractivity contribution is -0.121. The fraction of sp³-hybridized carbons (Fsp3) is 0.346. The van der Waals surface area contributed by atoms with Crippen LogP contribution in [0.2, 0.25) is 0 Å². The highest BCUT2D eigenvalue weighted by atomic mass is 32.1. The van der Waals surface area contributed by atoms with Crippen LogP contribution in [0.3, 0.4) is 0 Å². The summed E-state index contributed by atoms with van der Waals surface area (Å²) in [4.78, 5) is 38.5. The molecule has 0 saturated carbocycles. The smallest absolute Gasteiger partial charge is 0.263 e. The Morgan fingerprint density at radius 1 is 1.09 bits per heavy atom. The summed E-state index contributed by atoms with van der Waals surface area (Å²) in [6.45, 7) is 1.17. The van der Waals surface area contributed by atoms with Crippen molar-refractivity contribution in [3.05, 3.63) is 57.1 Å². The molecule has 4 aromatic rings. The van der Waals surface area contributed by atoms with Crippen molar-refractivity contribution < 1.29 is 9.59 Å². The average molecular weight is 491 g/mol. The van der Waals surface area contributed by atoms with Gasteiger partial charge in [0.1, 0.15) is 10.8 Å². The number of thiophene rings is 2. The van der Waals surface area contributed by atoms with Crippen LogP contribution in [0.25, 0.3) is 22.4 Å². The fourth-order valence-corrected chi connectivity index (χ4v) is 7.11. The van der Waals surface area contributed by atoms with Crippen LogP contribution in [-0.2, 0) is 17.6 Å². The molecule has 2 amide bonds. The lowest BCUT2D eigenvalue weighted by atomic mass is 9.94. The molecule has 34 heavy (non-hydrogen) atoms. The van der Waals surface area contributed by atoms with Crippen LogP contribution in [0.15, 0.2) is 41.8 Å². The van der Waals surface area contributed by atoms with E-state index in [1.807, 2.05) is 46.7 Å². The summed E-state index contributed by atoms with van der Waals surface area (Å²) in [5.41, 5.74) is 4.30. The molecule has 8 heteroatoms. The van der Waals surface area contributed by atoms with E-state index in [0.29, 0.717) is 13.1 Å². The van der Waals surface area contributed by atoms with Crippen molar-refractivity contribution in [2.75, 3.05) is 18.4 Å². The maximum Gasteiger partial charge on any atom is 0.263 e. The summed E-state index contributed by atoms with van der Waals surface area (Å²) in [6, 6.07) is 11.8. The van der Waals surface area contributed by atoms with E-state index in [1.165, 1.54) is 28.2 Å². The Hall–Kier alpha value is -2.97. The fourth-order valence-electron chi connectivity index (χ4n) is 5.12. The number of fused-ring (bicyclic) bond motifs is 2. The van der Waals surface area contributed by atoms with Crippen molar-refractivity contribution in [2.45, 2.75) is 38.5 Å². The number of aromatic nitrogens is 2. The molecule has 1 unspecified atom stereocenters. The Labute approximate surface area is 206 Å². The number of piperidine rings is 1. The molecule has 2 aliphatic rings. The molecule has 1 atom stereocenters. The molecule has 4 heterocycles. The van der Waals surface area contributed by atoms with E-state index in [-0.39, 0.29) is 17.7 Å². The average Bonchev–Trinajstić information content (AvgIpc) is 3.61. The summed E-state index contributed by atoms with van der Waals surface area (Å²) in [5, 5.41) is 6.06. The van der Waals surface area contributed by atoms with Crippen LogP contribution >= 0.6 is 22.7 Å². The number of carbonyl (C=O) groups excluding carboxylic acids is 2. The molecule has 6 nitrogen and oxygen atoms in total. The number of nitrogens with zero attached hydrogens (tertiary/aromatic N) is 2. The number of amides is 2. The van der Waals surface area contributed by atoms with Crippen LogP contribution < -0.4 is 5.32 Å². The zero-order valence-corrected chi connectivity index (χ0v) is 20.4. The summed E-state index contributed by atoms with van der Waals surface area (Å²) in [7, 11) is 0. The van der Waals surface area contributed by atoms with E-state index >= 15 is 0 Å². The maximum absolute atomic E-state index is 13.4. The molecule has 0 radical (unpaired) electrons. The van der Waals surface area contributed by atoms with Crippen molar-refractivity contribution in [1.82, 2.24) is 14.9 Å². The molecule has 2 N–H and O–H groups in total. The number of nitrogens with one attached hydrogen (secondary N) is 2. The molecular weight excluding hydrogens is 464 g/mol. The van der Waals surface area contributed by atoms with Crippen LogP contribution in [0, 0.1) is 5.92 Å². The van der Waals surface area contributed by atoms with Crippen LogP contribution in [0.4, 0.5) is 5.00 Å². The lowest BCUT2D eigenvalue weighted by Crippen LogP contribution is -2.43. The minimum Gasteiger partial charge on any atom is -0.338 e. The highest BCUT2D eigenvalue weighted by Gasteiger charge is 2.31. The molecule has 174 valence electrons. The second kappa shape index (κ2) is 9.00. The second-order valence-corrected chi connectivity index (χ2v) is 11.1. The number of likely N-dealkylation sites (tertiary alicyclic amines) is 1. The standard InChI is InChI=1S/C26H26N4O2S2/c31-24(16-7-5-13-30(15-16)26(32)21-12-6-14-33-21)29-25-22(17-8-1-4-11-20(17)34-25)23-27-18-9-2-3-10-19(18)28-23/h2-3,6,9-10,12,14,16H,1,4-5,7-8,11,13,15H2,(H,27,28)(H,29,31). The predicted molar refractivity (Wildman–Crippen MR) is 138 cm³/mol. The number of hydrogen-bond acceptors (Lipinski definition) is 5. The monoisotopic (exact) mass is 490 g/mol. The zero-order valence-electron chi connectivity index (χ0n) is 18.8. The van der Waals surface area contributed by atoms with Gasteiger partial charge in [-0.2, -0.15) is 0 Å². The van der Waals surface area contributed by atoms with Crippen molar-refractivity contribution in [3.8, 4) is 11.4 Å². The van der Waals surface area contributed by atoms with Crippen molar-refractivity contribution >= 4 is 50.5 Å². The predicted octanol–water partition coefficient (Wildman–Crippen LogP) is 5.72. The summed E-state index contributed by atoms with van der Waals surface area (Å²) < 4.78 is 0. The van der Waals surface area contributed by atoms with Crippen LogP contribution in [0.5, 0.6) is 0 Å². The van der Waals surface area contributed by atoms with Crippen molar-refractivity contribution in [1.29, 1.82) is 0 Å². The highest BCUT2D eigenvalue weighted by molar-refractivity contribution is 7.17. The van der Waals surface area contributed by atoms with Gasteiger partial charge in [-0.1, -0.05) is 18.2 Å². The van der Waals surface area contributed by atoms with E-state index in [2.05, 4.69) is 10.3 Å². The second-order valence-electron chi connectivity index (χ2n) is 9.07. The largest absolute Gasteiger partial charge is 0.338 e. The quantitative estimate of drug-likeness (QED) is 0.384. The third kappa shape index (κ3) is 3.95. The van der Waals surface area contributed by atoms with E-state index in [1.54, 1.807) is 11.3 Å². The maximum atomic E-state index is 13.4. The van der Waals surface area contributed by atoms with Gasteiger partial charge in [0.2, 0.25) is 5.91 Å². The number of hydrogen-bond donors (Lipinski definition) is 2. The van der Waals surface area contributed by atoms with Gasteiger partial charge in [-0.15, -0.1) is 22.7 Å². The van der Waals surface area contributed by atoms with Gasteiger partial charge in [-0.3, -0.25) is 9.59 Å².